The first-order valence-corrected chi connectivity index (χ1v) is 10.3. The van der Waals surface area contributed by atoms with Crippen molar-refractivity contribution in [1.82, 2.24) is 20.0 Å². The van der Waals surface area contributed by atoms with Crippen molar-refractivity contribution in [2.24, 2.45) is 5.92 Å². The maximum atomic E-state index is 12.6. The van der Waals surface area contributed by atoms with E-state index in [9.17, 15) is 9.59 Å². The Bertz CT molecular complexity index is 837. The number of likely N-dealkylation sites (tertiary alicyclic amines) is 1. The maximum Gasteiger partial charge on any atom is 0.230 e. The van der Waals surface area contributed by atoms with Gasteiger partial charge in [-0.25, -0.2) is 4.98 Å². The molecule has 0 spiro atoms. The zero-order chi connectivity index (χ0) is 20.8. The van der Waals surface area contributed by atoms with Gasteiger partial charge in [0.05, 0.1) is 10.9 Å². The molecule has 3 heterocycles. The summed E-state index contributed by atoms with van der Waals surface area (Å²) in [7, 11) is 0. The summed E-state index contributed by atoms with van der Waals surface area (Å²) in [6, 6.07) is 3.34. The zero-order valence-corrected chi connectivity index (χ0v) is 17.5. The third-order valence-corrected chi connectivity index (χ3v) is 5.13. The minimum Gasteiger partial charge on any atom is -0.342 e. The van der Waals surface area contributed by atoms with Crippen molar-refractivity contribution in [3.05, 3.63) is 35.1 Å². The molecule has 0 aromatic carbocycles. The Hall–Kier alpha value is -2.48. The Labute approximate surface area is 175 Å². The summed E-state index contributed by atoms with van der Waals surface area (Å²) in [4.78, 5) is 35.3. The number of rotatable bonds is 7. The molecule has 156 valence electrons. The number of hydrogen-bond donors (Lipinski definition) is 1. The molecule has 2 amide bonds. The fourth-order valence-corrected chi connectivity index (χ4v) is 3.36. The van der Waals surface area contributed by atoms with Gasteiger partial charge < -0.3 is 14.7 Å². The number of halogens is 1. The lowest BCUT2D eigenvalue weighted by Gasteiger charge is -2.32. The molecule has 3 rings (SSSR count). The molecule has 2 aromatic rings. The van der Waals surface area contributed by atoms with Crippen LogP contribution in [0.3, 0.4) is 0 Å². The number of nitrogens with one attached hydrogen (secondary N) is 1. The Morgan fingerprint density at radius 2 is 2.21 bits per heavy atom. The number of pyridine rings is 1. The third kappa shape index (κ3) is 6.00. The second kappa shape index (κ2) is 9.82. The highest BCUT2D eigenvalue weighted by Gasteiger charge is 2.28. The van der Waals surface area contributed by atoms with Gasteiger partial charge in [0.1, 0.15) is 5.82 Å². The number of anilines is 1. The van der Waals surface area contributed by atoms with Gasteiger partial charge in [-0.1, -0.05) is 30.6 Å². The van der Waals surface area contributed by atoms with Crippen LogP contribution in [0.15, 0.2) is 22.9 Å². The molecule has 1 unspecified atom stereocenters. The van der Waals surface area contributed by atoms with E-state index in [4.69, 9.17) is 16.1 Å². The molecule has 0 radical (unpaired) electrons. The summed E-state index contributed by atoms with van der Waals surface area (Å²) >= 11 is 5.81. The SMILES string of the molecule is CC(C)c1noc(CCCC(=O)N2CCCC(C(=O)Nc3ccc(Cl)cn3)C2)n1. The van der Waals surface area contributed by atoms with E-state index in [0.29, 0.717) is 54.9 Å². The largest absolute Gasteiger partial charge is 0.342 e. The highest BCUT2D eigenvalue weighted by atomic mass is 35.5. The van der Waals surface area contributed by atoms with E-state index < -0.39 is 0 Å². The first kappa shape index (κ1) is 21.2. The van der Waals surface area contributed by atoms with Crippen LogP contribution in [0.25, 0.3) is 0 Å². The molecule has 1 saturated heterocycles. The number of aryl methyl sites for hydroxylation is 1. The van der Waals surface area contributed by atoms with Crippen LogP contribution in [0, 0.1) is 5.92 Å². The molecule has 2 aromatic heterocycles. The lowest BCUT2D eigenvalue weighted by molar-refractivity contribution is -0.134. The van der Waals surface area contributed by atoms with E-state index in [0.717, 1.165) is 12.8 Å². The maximum absolute atomic E-state index is 12.6. The van der Waals surface area contributed by atoms with Crippen molar-refractivity contribution in [2.45, 2.75) is 51.9 Å². The summed E-state index contributed by atoms with van der Waals surface area (Å²) in [5, 5.41) is 7.25. The van der Waals surface area contributed by atoms with Gasteiger partial charge in [0.25, 0.3) is 0 Å². The van der Waals surface area contributed by atoms with E-state index in [2.05, 4.69) is 20.4 Å². The minimum atomic E-state index is -0.241. The molecule has 1 aliphatic rings. The van der Waals surface area contributed by atoms with E-state index >= 15 is 0 Å². The van der Waals surface area contributed by atoms with Gasteiger partial charge in [-0.3, -0.25) is 9.59 Å². The molecule has 0 aliphatic carbocycles. The van der Waals surface area contributed by atoms with Crippen LogP contribution in [0.5, 0.6) is 0 Å². The average molecular weight is 420 g/mol. The van der Waals surface area contributed by atoms with E-state index in [-0.39, 0.29) is 23.7 Å². The molecular formula is C20H26ClN5O3. The van der Waals surface area contributed by atoms with Crippen LogP contribution < -0.4 is 5.32 Å². The third-order valence-electron chi connectivity index (χ3n) is 4.91. The van der Waals surface area contributed by atoms with E-state index in [1.807, 2.05) is 13.8 Å². The second-order valence-corrected chi connectivity index (χ2v) is 8.02. The molecular weight excluding hydrogens is 394 g/mol. The number of aromatic nitrogens is 3. The van der Waals surface area contributed by atoms with Crippen molar-refractivity contribution in [1.29, 1.82) is 0 Å². The quantitative estimate of drug-likeness (QED) is 0.737. The lowest BCUT2D eigenvalue weighted by Crippen LogP contribution is -2.43. The van der Waals surface area contributed by atoms with Gasteiger partial charge in [-0.2, -0.15) is 4.98 Å². The Kier molecular flexibility index (Phi) is 7.19. The average Bonchev–Trinajstić information content (AvgIpc) is 3.19. The van der Waals surface area contributed by atoms with Gasteiger partial charge in [-0.05, 0) is 31.4 Å². The Morgan fingerprint density at radius 1 is 1.38 bits per heavy atom. The van der Waals surface area contributed by atoms with Gasteiger partial charge in [0.2, 0.25) is 17.7 Å². The number of nitrogens with zero attached hydrogens (tertiary/aromatic N) is 4. The van der Waals surface area contributed by atoms with Crippen LogP contribution >= 0.6 is 11.6 Å². The van der Waals surface area contributed by atoms with Crippen LogP contribution in [-0.4, -0.2) is 44.9 Å². The number of carbonyl (C=O) groups is 2. The van der Waals surface area contributed by atoms with Crippen molar-refractivity contribution < 1.29 is 14.1 Å². The Balaban J connectivity index is 1.45. The second-order valence-electron chi connectivity index (χ2n) is 7.58. The summed E-state index contributed by atoms with van der Waals surface area (Å²) in [5.74, 6) is 1.62. The first-order chi connectivity index (χ1) is 13.9. The molecule has 29 heavy (non-hydrogen) atoms. The lowest BCUT2D eigenvalue weighted by atomic mass is 9.96. The van der Waals surface area contributed by atoms with Crippen LogP contribution in [0.4, 0.5) is 5.82 Å². The van der Waals surface area contributed by atoms with Gasteiger partial charge >= 0.3 is 0 Å². The summed E-state index contributed by atoms with van der Waals surface area (Å²) in [6.45, 7) is 5.12. The minimum absolute atomic E-state index is 0.0516. The molecule has 1 atom stereocenters. The van der Waals surface area contributed by atoms with Crippen molar-refractivity contribution >= 4 is 29.2 Å². The molecule has 1 N–H and O–H groups in total. The molecule has 1 fully saturated rings. The number of hydrogen-bond acceptors (Lipinski definition) is 6. The summed E-state index contributed by atoms with van der Waals surface area (Å²) in [6.07, 6.45) is 4.66. The normalized spacial score (nSPS) is 16.8. The van der Waals surface area contributed by atoms with Crippen LogP contribution in [0.2, 0.25) is 5.02 Å². The molecule has 0 bridgehead atoms. The molecule has 0 saturated carbocycles. The Morgan fingerprint density at radius 3 is 2.90 bits per heavy atom. The smallest absolute Gasteiger partial charge is 0.230 e. The predicted octanol–water partition coefficient (Wildman–Crippen LogP) is 3.44. The van der Waals surface area contributed by atoms with Crippen molar-refractivity contribution in [2.75, 3.05) is 18.4 Å². The standard InChI is InChI=1S/C20H26ClN5O3/c1-13(2)19-24-17(29-25-19)6-3-7-18(27)26-10-4-5-14(12-26)20(28)23-16-9-8-15(21)11-22-16/h8-9,11,13-14H,3-7,10,12H2,1-2H3,(H,22,23,28). The fourth-order valence-electron chi connectivity index (χ4n) is 3.25. The molecule has 9 heteroatoms. The van der Waals surface area contributed by atoms with Gasteiger partial charge in [0.15, 0.2) is 5.82 Å². The monoisotopic (exact) mass is 419 g/mol. The van der Waals surface area contributed by atoms with Gasteiger partial charge in [-0.15, -0.1) is 0 Å². The number of amides is 2. The zero-order valence-electron chi connectivity index (χ0n) is 16.7. The highest BCUT2D eigenvalue weighted by Crippen LogP contribution is 2.20. The number of carbonyl (C=O) groups excluding carboxylic acids is 2. The summed E-state index contributed by atoms with van der Waals surface area (Å²) in [5.41, 5.74) is 0. The highest BCUT2D eigenvalue weighted by molar-refractivity contribution is 6.30. The van der Waals surface area contributed by atoms with Gasteiger partial charge in [0, 0.05) is 38.0 Å². The van der Waals surface area contributed by atoms with E-state index in [1.54, 1.807) is 17.0 Å². The fraction of sp³-hybridized carbons (Fsp3) is 0.550. The van der Waals surface area contributed by atoms with Crippen molar-refractivity contribution in [3.63, 3.8) is 0 Å². The predicted molar refractivity (Wildman–Crippen MR) is 109 cm³/mol. The molecule has 8 nitrogen and oxygen atoms in total. The van der Waals surface area contributed by atoms with E-state index in [1.165, 1.54) is 6.20 Å². The van der Waals surface area contributed by atoms with Crippen LogP contribution in [0.1, 0.15) is 57.2 Å². The first-order valence-electron chi connectivity index (χ1n) is 9.95. The topological polar surface area (TPSA) is 101 Å². The van der Waals surface area contributed by atoms with Crippen LogP contribution in [-0.2, 0) is 16.0 Å². The number of piperidine rings is 1. The summed E-state index contributed by atoms with van der Waals surface area (Å²) < 4.78 is 5.21. The molecule has 1 aliphatic heterocycles. The van der Waals surface area contributed by atoms with Crippen molar-refractivity contribution in [3.8, 4) is 0 Å².